The zero-order chi connectivity index (χ0) is 13.1. The normalized spacial score (nSPS) is 10.1. The van der Waals surface area contributed by atoms with E-state index >= 15 is 0 Å². The highest BCUT2D eigenvalue weighted by molar-refractivity contribution is 6.05. The molecule has 1 amide bonds. The van der Waals surface area contributed by atoms with E-state index in [1.54, 1.807) is 13.0 Å². The van der Waals surface area contributed by atoms with Crippen molar-refractivity contribution in [3.63, 3.8) is 0 Å². The summed E-state index contributed by atoms with van der Waals surface area (Å²) >= 11 is 0. The smallest absolute Gasteiger partial charge is 0.354 e. The highest BCUT2D eigenvalue weighted by atomic mass is 16.4. The van der Waals surface area contributed by atoms with Crippen molar-refractivity contribution in [3.8, 4) is 0 Å². The van der Waals surface area contributed by atoms with Gasteiger partial charge < -0.3 is 14.8 Å². The maximum atomic E-state index is 11.8. The number of anilines is 1. The lowest BCUT2D eigenvalue weighted by Gasteiger charge is -2.04. The Kier molecular flexibility index (Phi) is 3.09. The summed E-state index contributed by atoms with van der Waals surface area (Å²) < 4.78 is 5.02. The number of carboxylic acids is 1. The summed E-state index contributed by atoms with van der Waals surface area (Å²) in [5.74, 6) is -1.01. The minimum atomic E-state index is -1.15. The zero-order valence-electron chi connectivity index (χ0n) is 9.51. The lowest BCUT2D eigenvalue weighted by molar-refractivity contribution is 0.0690. The summed E-state index contributed by atoms with van der Waals surface area (Å²) in [6, 6.07) is 4.35. The van der Waals surface area contributed by atoms with E-state index < -0.39 is 5.97 Å². The van der Waals surface area contributed by atoms with Crippen LogP contribution in [0.15, 0.2) is 35.1 Å². The molecule has 2 aromatic heterocycles. The van der Waals surface area contributed by atoms with E-state index in [4.69, 9.17) is 9.52 Å². The molecule has 2 rings (SSSR count). The summed E-state index contributed by atoms with van der Waals surface area (Å²) in [5, 5.41) is 11.4. The highest BCUT2D eigenvalue weighted by Gasteiger charge is 2.12. The molecule has 0 radical (unpaired) electrons. The quantitative estimate of drug-likeness (QED) is 0.863. The first-order chi connectivity index (χ1) is 8.58. The van der Waals surface area contributed by atoms with Gasteiger partial charge >= 0.3 is 5.97 Å². The number of nitrogens with zero attached hydrogens (tertiary/aromatic N) is 1. The van der Waals surface area contributed by atoms with Crippen molar-refractivity contribution in [2.75, 3.05) is 5.32 Å². The van der Waals surface area contributed by atoms with Gasteiger partial charge in [0.05, 0.1) is 11.8 Å². The topological polar surface area (TPSA) is 92.4 Å². The fraction of sp³-hybridized carbons (Fsp3) is 0.0833. The van der Waals surface area contributed by atoms with Crippen LogP contribution in [-0.2, 0) is 0 Å². The number of hydrogen-bond donors (Lipinski definition) is 2. The maximum Gasteiger partial charge on any atom is 0.354 e. The van der Waals surface area contributed by atoms with Gasteiger partial charge in [0.25, 0.3) is 5.91 Å². The molecule has 0 spiro atoms. The molecule has 18 heavy (non-hydrogen) atoms. The number of aromatic carboxylic acids is 1. The molecule has 0 aliphatic carbocycles. The number of hydrogen-bond acceptors (Lipinski definition) is 4. The molecule has 2 heterocycles. The number of aryl methyl sites for hydroxylation is 1. The molecule has 92 valence electrons. The van der Waals surface area contributed by atoms with E-state index in [-0.39, 0.29) is 11.6 Å². The predicted octanol–water partition coefficient (Wildman–Crippen LogP) is 1.93. The van der Waals surface area contributed by atoms with Crippen LogP contribution in [0.25, 0.3) is 0 Å². The van der Waals surface area contributed by atoms with Crippen LogP contribution in [-0.4, -0.2) is 22.0 Å². The molecule has 2 aromatic rings. The molecule has 0 aliphatic rings. The van der Waals surface area contributed by atoms with Crippen molar-refractivity contribution < 1.29 is 19.1 Å². The Labute approximate surface area is 102 Å². The average Bonchev–Trinajstić information content (AvgIpc) is 2.76. The van der Waals surface area contributed by atoms with Crippen LogP contribution >= 0.6 is 0 Å². The van der Waals surface area contributed by atoms with E-state index in [2.05, 4.69) is 10.3 Å². The molecule has 0 saturated carbocycles. The fourth-order valence-electron chi connectivity index (χ4n) is 1.44. The SMILES string of the molecule is Cc1occc1C(=O)Nc1ccnc(C(=O)O)c1. The van der Waals surface area contributed by atoms with Crippen molar-refractivity contribution in [3.05, 3.63) is 47.7 Å². The molecule has 0 fully saturated rings. The minimum absolute atomic E-state index is 0.128. The van der Waals surface area contributed by atoms with Crippen molar-refractivity contribution in [2.45, 2.75) is 6.92 Å². The van der Waals surface area contributed by atoms with Crippen LogP contribution < -0.4 is 5.32 Å². The number of pyridine rings is 1. The number of nitrogens with one attached hydrogen (secondary N) is 1. The van der Waals surface area contributed by atoms with Gasteiger partial charge in [0.1, 0.15) is 11.5 Å². The molecule has 0 aliphatic heterocycles. The molecular weight excluding hydrogens is 236 g/mol. The van der Waals surface area contributed by atoms with E-state index in [1.807, 2.05) is 0 Å². The van der Waals surface area contributed by atoms with Gasteiger partial charge in [-0.25, -0.2) is 9.78 Å². The molecule has 0 saturated heterocycles. The first kappa shape index (κ1) is 11.8. The Balaban J connectivity index is 2.20. The summed E-state index contributed by atoms with van der Waals surface area (Å²) in [5.41, 5.74) is 0.647. The Bertz CT molecular complexity index is 604. The Morgan fingerprint density at radius 1 is 1.39 bits per heavy atom. The molecular formula is C12H10N2O4. The van der Waals surface area contributed by atoms with Gasteiger partial charge in [0.2, 0.25) is 0 Å². The standard InChI is InChI=1S/C12H10N2O4/c1-7-9(3-5-18-7)11(15)14-8-2-4-13-10(6-8)12(16)17/h2-6H,1H3,(H,16,17)(H,13,14,15). The second-order valence-corrected chi connectivity index (χ2v) is 3.58. The van der Waals surface area contributed by atoms with Crippen LogP contribution in [0.2, 0.25) is 0 Å². The molecule has 0 unspecified atom stereocenters. The largest absolute Gasteiger partial charge is 0.477 e. The monoisotopic (exact) mass is 246 g/mol. The van der Waals surface area contributed by atoms with E-state index in [0.29, 0.717) is 17.0 Å². The molecule has 6 nitrogen and oxygen atoms in total. The third-order valence-corrected chi connectivity index (χ3v) is 2.34. The summed E-state index contributed by atoms with van der Waals surface area (Å²) in [6.45, 7) is 1.67. The summed E-state index contributed by atoms with van der Waals surface area (Å²) in [6.07, 6.45) is 2.74. The van der Waals surface area contributed by atoms with Gasteiger partial charge in [-0.05, 0) is 25.1 Å². The van der Waals surface area contributed by atoms with Gasteiger partial charge in [-0.1, -0.05) is 0 Å². The summed E-state index contributed by atoms with van der Waals surface area (Å²) in [4.78, 5) is 26.2. The van der Waals surface area contributed by atoms with Gasteiger partial charge in [-0.2, -0.15) is 0 Å². The average molecular weight is 246 g/mol. The third kappa shape index (κ3) is 2.37. The van der Waals surface area contributed by atoms with Crippen molar-refractivity contribution in [2.24, 2.45) is 0 Å². The van der Waals surface area contributed by atoms with E-state index in [9.17, 15) is 9.59 Å². The molecule has 0 aromatic carbocycles. The Morgan fingerprint density at radius 3 is 2.78 bits per heavy atom. The van der Waals surface area contributed by atoms with Gasteiger partial charge in [0, 0.05) is 11.9 Å². The van der Waals surface area contributed by atoms with Crippen LogP contribution in [0.4, 0.5) is 5.69 Å². The molecule has 2 N–H and O–H groups in total. The van der Waals surface area contributed by atoms with Gasteiger partial charge in [0.15, 0.2) is 0 Å². The second-order valence-electron chi connectivity index (χ2n) is 3.58. The number of amides is 1. The Hall–Kier alpha value is -2.63. The third-order valence-electron chi connectivity index (χ3n) is 2.34. The van der Waals surface area contributed by atoms with Crippen LogP contribution in [0.5, 0.6) is 0 Å². The van der Waals surface area contributed by atoms with Crippen LogP contribution in [0, 0.1) is 6.92 Å². The maximum absolute atomic E-state index is 11.8. The lowest BCUT2D eigenvalue weighted by Crippen LogP contribution is -2.13. The summed E-state index contributed by atoms with van der Waals surface area (Å²) in [7, 11) is 0. The Morgan fingerprint density at radius 2 is 2.17 bits per heavy atom. The van der Waals surface area contributed by atoms with Gasteiger partial charge in [-0.15, -0.1) is 0 Å². The number of furan rings is 1. The van der Waals surface area contributed by atoms with Gasteiger partial charge in [-0.3, -0.25) is 4.79 Å². The van der Waals surface area contributed by atoms with Crippen LogP contribution in [0.3, 0.4) is 0 Å². The first-order valence-corrected chi connectivity index (χ1v) is 5.12. The lowest BCUT2D eigenvalue weighted by atomic mass is 10.2. The predicted molar refractivity (Wildman–Crippen MR) is 62.6 cm³/mol. The van der Waals surface area contributed by atoms with Crippen molar-refractivity contribution in [1.82, 2.24) is 4.98 Å². The van der Waals surface area contributed by atoms with Crippen molar-refractivity contribution in [1.29, 1.82) is 0 Å². The number of aromatic nitrogens is 1. The number of carboxylic acid groups (broad SMARTS) is 1. The molecule has 0 atom stereocenters. The highest BCUT2D eigenvalue weighted by Crippen LogP contribution is 2.13. The molecule has 6 heteroatoms. The number of carbonyl (C=O) groups excluding carboxylic acids is 1. The van der Waals surface area contributed by atoms with Crippen LogP contribution in [0.1, 0.15) is 26.6 Å². The number of rotatable bonds is 3. The second kappa shape index (κ2) is 4.70. The fourth-order valence-corrected chi connectivity index (χ4v) is 1.44. The minimum Gasteiger partial charge on any atom is -0.477 e. The number of carbonyl (C=O) groups is 2. The first-order valence-electron chi connectivity index (χ1n) is 5.12. The van der Waals surface area contributed by atoms with E-state index in [1.165, 1.54) is 24.6 Å². The zero-order valence-corrected chi connectivity index (χ0v) is 9.51. The van der Waals surface area contributed by atoms with E-state index in [0.717, 1.165) is 0 Å². The van der Waals surface area contributed by atoms with Crippen molar-refractivity contribution >= 4 is 17.6 Å². The molecule has 0 bridgehead atoms.